The molecule has 2 heterocycles. The van der Waals surface area contributed by atoms with Gasteiger partial charge in [0.1, 0.15) is 0 Å². The molecule has 82 valence electrons. The van der Waals surface area contributed by atoms with Crippen LogP contribution in [0, 0.1) is 0 Å². The molecule has 1 atom stereocenters. The van der Waals surface area contributed by atoms with Gasteiger partial charge < -0.3 is 5.73 Å². The van der Waals surface area contributed by atoms with Crippen LogP contribution in [-0.4, -0.2) is 50.0 Å². The predicted molar refractivity (Wildman–Crippen MR) is 55.8 cm³/mol. The van der Waals surface area contributed by atoms with Crippen molar-refractivity contribution in [2.24, 2.45) is 5.73 Å². The number of rotatable bonds is 1. The standard InChI is InChI=1S/C9H18N2O2S/c10-8-1-4-11(5-2-8)9-3-6-14(12,13)7-9/h8-9H,1-7,10H2/t9-/m1/s1. The summed E-state index contributed by atoms with van der Waals surface area (Å²) in [6.07, 6.45) is 2.84. The second-order valence-electron chi connectivity index (χ2n) is 4.43. The molecule has 2 saturated heterocycles. The summed E-state index contributed by atoms with van der Waals surface area (Å²) in [5, 5.41) is 0. The normalized spacial score (nSPS) is 34.8. The zero-order valence-corrected chi connectivity index (χ0v) is 9.17. The van der Waals surface area contributed by atoms with Gasteiger partial charge >= 0.3 is 0 Å². The lowest BCUT2D eigenvalue weighted by atomic mass is 10.0. The zero-order valence-electron chi connectivity index (χ0n) is 8.35. The molecule has 2 aliphatic heterocycles. The minimum atomic E-state index is -2.73. The number of likely N-dealkylation sites (tertiary alicyclic amines) is 1. The largest absolute Gasteiger partial charge is 0.328 e. The van der Waals surface area contributed by atoms with Crippen molar-refractivity contribution in [3.63, 3.8) is 0 Å². The van der Waals surface area contributed by atoms with E-state index in [4.69, 9.17) is 5.73 Å². The second-order valence-corrected chi connectivity index (χ2v) is 6.66. The van der Waals surface area contributed by atoms with Gasteiger partial charge in [-0.15, -0.1) is 0 Å². The molecule has 4 nitrogen and oxygen atoms in total. The summed E-state index contributed by atoms with van der Waals surface area (Å²) in [4.78, 5) is 2.30. The van der Waals surface area contributed by atoms with Crippen molar-refractivity contribution in [1.82, 2.24) is 4.90 Å². The van der Waals surface area contributed by atoms with Crippen LogP contribution in [0.1, 0.15) is 19.3 Å². The molecule has 0 aliphatic carbocycles. The van der Waals surface area contributed by atoms with Crippen LogP contribution in [0.15, 0.2) is 0 Å². The number of piperidine rings is 1. The topological polar surface area (TPSA) is 63.4 Å². The average Bonchev–Trinajstić information content (AvgIpc) is 2.47. The fraction of sp³-hybridized carbons (Fsp3) is 1.00. The third-order valence-corrected chi connectivity index (χ3v) is 5.05. The summed E-state index contributed by atoms with van der Waals surface area (Å²) in [6, 6.07) is 0.594. The molecule has 0 spiro atoms. The predicted octanol–water partition coefficient (Wildman–Crippen LogP) is -0.403. The van der Waals surface area contributed by atoms with Crippen molar-refractivity contribution in [2.75, 3.05) is 24.6 Å². The maximum atomic E-state index is 11.3. The van der Waals surface area contributed by atoms with E-state index in [2.05, 4.69) is 4.90 Å². The van der Waals surface area contributed by atoms with E-state index >= 15 is 0 Å². The van der Waals surface area contributed by atoms with Gasteiger partial charge in [0.25, 0.3) is 0 Å². The molecule has 0 radical (unpaired) electrons. The Morgan fingerprint density at radius 2 is 1.79 bits per heavy atom. The first-order valence-electron chi connectivity index (χ1n) is 5.27. The molecule has 14 heavy (non-hydrogen) atoms. The quantitative estimate of drug-likeness (QED) is 0.650. The van der Waals surface area contributed by atoms with Crippen LogP contribution in [0.3, 0.4) is 0 Å². The molecule has 0 aromatic carbocycles. The molecule has 0 bridgehead atoms. The lowest BCUT2D eigenvalue weighted by Gasteiger charge is -2.34. The molecule has 5 heteroatoms. The maximum Gasteiger partial charge on any atom is 0.151 e. The van der Waals surface area contributed by atoms with Crippen molar-refractivity contribution in [3.8, 4) is 0 Å². The highest BCUT2D eigenvalue weighted by atomic mass is 32.2. The van der Waals surface area contributed by atoms with Gasteiger partial charge in [-0.2, -0.15) is 0 Å². The molecule has 0 amide bonds. The molecule has 2 fully saturated rings. The molecule has 2 N–H and O–H groups in total. The number of nitrogens with zero attached hydrogens (tertiary/aromatic N) is 1. The summed E-state index contributed by atoms with van der Waals surface area (Å²) >= 11 is 0. The van der Waals surface area contributed by atoms with Crippen LogP contribution in [0.25, 0.3) is 0 Å². The van der Waals surface area contributed by atoms with E-state index in [0.717, 1.165) is 32.4 Å². The van der Waals surface area contributed by atoms with Gasteiger partial charge in [-0.3, -0.25) is 4.90 Å². The monoisotopic (exact) mass is 218 g/mol. The summed E-state index contributed by atoms with van der Waals surface area (Å²) in [5.74, 6) is 0.739. The van der Waals surface area contributed by atoms with Crippen LogP contribution in [0.4, 0.5) is 0 Å². The fourth-order valence-electron chi connectivity index (χ4n) is 2.35. The summed E-state index contributed by atoms with van der Waals surface area (Å²) in [5.41, 5.74) is 5.80. The van der Waals surface area contributed by atoms with E-state index < -0.39 is 9.84 Å². The fourth-order valence-corrected chi connectivity index (χ4v) is 4.11. The first-order chi connectivity index (χ1) is 6.57. The third-order valence-electron chi connectivity index (χ3n) is 3.30. The molecule has 0 aromatic rings. The minimum absolute atomic E-state index is 0.271. The van der Waals surface area contributed by atoms with Crippen molar-refractivity contribution in [3.05, 3.63) is 0 Å². The van der Waals surface area contributed by atoms with Gasteiger partial charge in [-0.1, -0.05) is 0 Å². The Bertz CT molecular complexity index is 294. The number of sulfone groups is 1. The van der Waals surface area contributed by atoms with Crippen LogP contribution in [0.5, 0.6) is 0 Å². The van der Waals surface area contributed by atoms with Crippen molar-refractivity contribution in [1.29, 1.82) is 0 Å². The Labute approximate surface area is 85.4 Å². The molecule has 0 saturated carbocycles. The third kappa shape index (κ3) is 2.27. The average molecular weight is 218 g/mol. The Morgan fingerprint density at radius 1 is 1.14 bits per heavy atom. The van der Waals surface area contributed by atoms with E-state index in [1.807, 2.05) is 0 Å². The van der Waals surface area contributed by atoms with E-state index in [1.54, 1.807) is 0 Å². The maximum absolute atomic E-state index is 11.3. The van der Waals surface area contributed by atoms with Crippen LogP contribution >= 0.6 is 0 Å². The highest BCUT2D eigenvalue weighted by Crippen LogP contribution is 2.21. The highest BCUT2D eigenvalue weighted by molar-refractivity contribution is 7.91. The lowest BCUT2D eigenvalue weighted by molar-refractivity contribution is 0.166. The van der Waals surface area contributed by atoms with E-state index in [-0.39, 0.29) is 6.04 Å². The Kier molecular flexibility index (Phi) is 2.81. The molecule has 2 rings (SSSR count). The Morgan fingerprint density at radius 3 is 2.29 bits per heavy atom. The van der Waals surface area contributed by atoms with Crippen LogP contribution in [-0.2, 0) is 9.84 Å². The Hall–Kier alpha value is -0.130. The highest BCUT2D eigenvalue weighted by Gasteiger charge is 2.33. The van der Waals surface area contributed by atoms with Gasteiger partial charge in [0.2, 0.25) is 0 Å². The van der Waals surface area contributed by atoms with Crippen LogP contribution in [0.2, 0.25) is 0 Å². The minimum Gasteiger partial charge on any atom is -0.328 e. The van der Waals surface area contributed by atoms with Crippen molar-refractivity contribution < 1.29 is 8.42 Å². The van der Waals surface area contributed by atoms with E-state index in [0.29, 0.717) is 17.5 Å². The zero-order chi connectivity index (χ0) is 10.2. The molecular weight excluding hydrogens is 200 g/mol. The van der Waals surface area contributed by atoms with E-state index in [9.17, 15) is 8.42 Å². The number of hydrogen-bond acceptors (Lipinski definition) is 4. The van der Waals surface area contributed by atoms with Gasteiger partial charge in [0, 0.05) is 12.1 Å². The summed E-state index contributed by atoms with van der Waals surface area (Å²) in [6.45, 7) is 1.95. The van der Waals surface area contributed by atoms with Gasteiger partial charge in [0.05, 0.1) is 11.5 Å². The molecule has 0 unspecified atom stereocenters. The van der Waals surface area contributed by atoms with Crippen molar-refractivity contribution in [2.45, 2.75) is 31.3 Å². The van der Waals surface area contributed by atoms with Crippen molar-refractivity contribution >= 4 is 9.84 Å². The number of hydrogen-bond donors (Lipinski definition) is 1. The first kappa shape index (κ1) is 10.4. The van der Waals surface area contributed by atoms with Gasteiger partial charge in [-0.25, -0.2) is 8.42 Å². The first-order valence-corrected chi connectivity index (χ1v) is 7.09. The second kappa shape index (κ2) is 3.79. The molecular formula is C9H18N2O2S. The molecule has 2 aliphatic rings. The lowest BCUT2D eigenvalue weighted by Crippen LogP contribution is -2.45. The Balaban J connectivity index is 1.91. The SMILES string of the molecule is NC1CCN([C@@H]2CCS(=O)(=O)C2)CC1. The van der Waals surface area contributed by atoms with E-state index in [1.165, 1.54) is 0 Å². The summed E-state index contributed by atoms with van der Waals surface area (Å²) in [7, 11) is -2.73. The van der Waals surface area contributed by atoms with Crippen LogP contribution < -0.4 is 5.73 Å². The number of nitrogens with two attached hydrogens (primary N) is 1. The summed E-state index contributed by atoms with van der Waals surface area (Å²) < 4.78 is 22.6. The van der Waals surface area contributed by atoms with Gasteiger partial charge in [0.15, 0.2) is 9.84 Å². The van der Waals surface area contributed by atoms with Gasteiger partial charge in [-0.05, 0) is 32.4 Å². The smallest absolute Gasteiger partial charge is 0.151 e. The molecule has 0 aromatic heterocycles.